The molecule has 1 aromatic carbocycles. The molecule has 4 N–H and O–H groups in total. The molecule has 112 valence electrons. The summed E-state index contributed by atoms with van der Waals surface area (Å²) < 4.78 is 28.5. The fourth-order valence-corrected chi connectivity index (χ4v) is 2.95. The van der Waals surface area contributed by atoms with E-state index in [1.54, 1.807) is 17.8 Å². The molecule has 0 unspecified atom stereocenters. The van der Waals surface area contributed by atoms with Gasteiger partial charge in [0.25, 0.3) is 0 Å². The van der Waals surface area contributed by atoms with Crippen molar-refractivity contribution in [3.63, 3.8) is 0 Å². The van der Waals surface area contributed by atoms with Crippen molar-refractivity contribution in [2.24, 2.45) is 7.05 Å². The molecule has 0 amide bonds. The van der Waals surface area contributed by atoms with Crippen LogP contribution >= 0.6 is 0 Å². The van der Waals surface area contributed by atoms with Crippen LogP contribution in [-0.2, 0) is 23.6 Å². The van der Waals surface area contributed by atoms with Gasteiger partial charge in [-0.1, -0.05) is 0 Å². The summed E-state index contributed by atoms with van der Waals surface area (Å²) in [4.78, 5) is 14.7. The molecule has 21 heavy (non-hydrogen) atoms. The number of rotatable bonds is 5. The normalized spacial score (nSPS) is 11.5. The Morgan fingerprint density at radius 3 is 2.76 bits per heavy atom. The number of nitrogen functional groups attached to an aromatic ring is 1. The van der Waals surface area contributed by atoms with Crippen molar-refractivity contribution in [2.45, 2.75) is 11.4 Å². The maximum absolute atomic E-state index is 12.2. The zero-order valence-electron chi connectivity index (χ0n) is 11.1. The van der Waals surface area contributed by atoms with Crippen molar-refractivity contribution in [2.75, 3.05) is 5.73 Å². The fourth-order valence-electron chi connectivity index (χ4n) is 1.74. The summed E-state index contributed by atoms with van der Waals surface area (Å²) in [6.07, 6.45) is 3.21. The topological polar surface area (TPSA) is 127 Å². The van der Waals surface area contributed by atoms with E-state index in [-0.39, 0.29) is 22.7 Å². The Hall–Kier alpha value is -2.39. The van der Waals surface area contributed by atoms with Gasteiger partial charge in [-0.3, -0.25) is 0 Å². The number of sulfonamides is 1. The van der Waals surface area contributed by atoms with E-state index in [9.17, 15) is 13.2 Å². The molecule has 0 saturated heterocycles. The number of carboxylic acid groups (broad SMARTS) is 1. The van der Waals surface area contributed by atoms with Gasteiger partial charge in [0.2, 0.25) is 10.0 Å². The summed E-state index contributed by atoms with van der Waals surface area (Å²) in [5.41, 5.74) is 5.37. The third-order valence-corrected chi connectivity index (χ3v) is 4.31. The van der Waals surface area contributed by atoms with Crippen LogP contribution < -0.4 is 10.5 Å². The van der Waals surface area contributed by atoms with E-state index in [0.717, 1.165) is 12.1 Å². The molecule has 0 spiro atoms. The number of aromatic nitrogens is 2. The van der Waals surface area contributed by atoms with E-state index in [1.807, 2.05) is 0 Å². The average Bonchev–Trinajstić information content (AvgIpc) is 2.81. The Labute approximate surface area is 121 Å². The van der Waals surface area contributed by atoms with Crippen LogP contribution in [0.3, 0.4) is 0 Å². The second kappa shape index (κ2) is 5.54. The molecule has 1 heterocycles. The van der Waals surface area contributed by atoms with E-state index < -0.39 is 16.0 Å². The van der Waals surface area contributed by atoms with Gasteiger partial charge < -0.3 is 15.4 Å². The maximum atomic E-state index is 12.2. The van der Waals surface area contributed by atoms with Gasteiger partial charge in [0.1, 0.15) is 5.82 Å². The largest absolute Gasteiger partial charge is 0.478 e. The number of hydrogen-bond acceptors (Lipinski definition) is 5. The van der Waals surface area contributed by atoms with E-state index in [0.29, 0.717) is 5.82 Å². The summed E-state index contributed by atoms with van der Waals surface area (Å²) in [5, 5.41) is 9.07. The highest BCUT2D eigenvalue weighted by molar-refractivity contribution is 7.89. The Morgan fingerprint density at radius 1 is 1.48 bits per heavy atom. The van der Waals surface area contributed by atoms with Crippen LogP contribution in [0.25, 0.3) is 0 Å². The lowest BCUT2D eigenvalue weighted by molar-refractivity contribution is 0.0692. The molecule has 1 aromatic heterocycles. The first-order valence-corrected chi connectivity index (χ1v) is 7.38. The van der Waals surface area contributed by atoms with Gasteiger partial charge in [0, 0.05) is 25.1 Å². The number of anilines is 1. The number of benzene rings is 1. The van der Waals surface area contributed by atoms with Crippen molar-refractivity contribution >= 4 is 21.7 Å². The van der Waals surface area contributed by atoms with Gasteiger partial charge in [-0.2, -0.15) is 0 Å². The zero-order chi connectivity index (χ0) is 15.6. The minimum absolute atomic E-state index is 0.0559. The molecule has 0 aliphatic heterocycles. The monoisotopic (exact) mass is 310 g/mol. The van der Waals surface area contributed by atoms with E-state index in [4.69, 9.17) is 10.8 Å². The molecule has 0 bridgehead atoms. The maximum Gasteiger partial charge on any atom is 0.337 e. The minimum Gasteiger partial charge on any atom is -0.478 e. The Morgan fingerprint density at radius 2 is 2.19 bits per heavy atom. The van der Waals surface area contributed by atoms with Gasteiger partial charge in [0.15, 0.2) is 0 Å². The Bertz CT molecular complexity index is 782. The van der Waals surface area contributed by atoms with Crippen molar-refractivity contribution in [3.05, 3.63) is 42.0 Å². The van der Waals surface area contributed by atoms with Crippen molar-refractivity contribution in [3.8, 4) is 0 Å². The summed E-state index contributed by atoms with van der Waals surface area (Å²) in [6.45, 7) is -0.0559. The lowest BCUT2D eigenvalue weighted by Gasteiger charge is -2.10. The molecule has 9 heteroatoms. The summed E-state index contributed by atoms with van der Waals surface area (Å²) in [6, 6.07) is 3.61. The first-order chi connectivity index (χ1) is 9.81. The molecule has 2 aromatic rings. The average molecular weight is 310 g/mol. The highest BCUT2D eigenvalue weighted by atomic mass is 32.2. The Kier molecular flexibility index (Phi) is 3.96. The number of hydrogen-bond donors (Lipinski definition) is 3. The SMILES string of the molecule is Cn1ccnc1CNS(=O)(=O)c1cc(N)ccc1C(=O)O. The van der Waals surface area contributed by atoms with Crippen LogP contribution in [0, 0.1) is 0 Å². The van der Waals surface area contributed by atoms with Crippen LogP contribution in [0.2, 0.25) is 0 Å². The molecule has 0 aliphatic rings. The Balaban J connectivity index is 2.33. The second-order valence-electron chi connectivity index (χ2n) is 4.34. The smallest absolute Gasteiger partial charge is 0.337 e. The molecule has 8 nitrogen and oxygen atoms in total. The molecule has 0 radical (unpaired) electrons. The first-order valence-electron chi connectivity index (χ1n) is 5.90. The number of aryl methyl sites for hydroxylation is 1. The van der Waals surface area contributed by atoms with E-state index in [2.05, 4.69) is 9.71 Å². The van der Waals surface area contributed by atoms with Crippen molar-refractivity contribution < 1.29 is 18.3 Å². The van der Waals surface area contributed by atoms with Crippen molar-refractivity contribution in [1.82, 2.24) is 14.3 Å². The predicted octanol–water partition coefficient (Wildman–Crippen LogP) is 0.179. The fraction of sp³-hybridized carbons (Fsp3) is 0.167. The standard InChI is InChI=1S/C12H14N4O4S/c1-16-5-4-14-11(16)7-15-21(19,20)10-6-8(13)2-3-9(10)12(17)18/h2-6,15H,7,13H2,1H3,(H,17,18). The van der Waals surface area contributed by atoms with Gasteiger partial charge in [-0.15, -0.1) is 0 Å². The van der Waals surface area contributed by atoms with Crippen LogP contribution in [0.4, 0.5) is 5.69 Å². The number of nitrogens with zero attached hydrogens (tertiary/aromatic N) is 2. The van der Waals surface area contributed by atoms with Gasteiger partial charge in [-0.05, 0) is 18.2 Å². The molecule has 0 saturated carbocycles. The number of nitrogens with one attached hydrogen (secondary N) is 1. The quantitative estimate of drug-likeness (QED) is 0.676. The van der Waals surface area contributed by atoms with Gasteiger partial charge >= 0.3 is 5.97 Å². The van der Waals surface area contributed by atoms with Gasteiger partial charge in [0.05, 0.1) is 17.0 Å². The molecule has 0 aliphatic carbocycles. The number of nitrogens with two attached hydrogens (primary N) is 1. The lowest BCUT2D eigenvalue weighted by atomic mass is 10.2. The predicted molar refractivity (Wildman–Crippen MR) is 75.0 cm³/mol. The zero-order valence-corrected chi connectivity index (χ0v) is 12.0. The van der Waals surface area contributed by atoms with E-state index in [1.165, 1.54) is 12.3 Å². The molecule has 0 fully saturated rings. The van der Waals surface area contributed by atoms with Crippen molar-refractivity contribution in [1.29, 1.82) is 0 Å². The van der Waals surface area contributed by atoms with E-state index >= 15 is 0 Å². The molecular formula is C12H14N4O4S. The number of aromatic carboxylic acids is 1. The third kappa shape index (κ3) is 3.20. The van der Waals surface area contributed by atoms with Crippen LogP contribution in [0.5, 0.6) is 0 Å². The van der Waals surface area contributed by atoms with Crippen LogP contribution in [-0.4, -0.2) is 29.0 Å². The third-order valence-electron chi connectivity index (χ3n) is 2.87. The summed E-state index contributed by atoms with van der Waals surface area (Å²) >= 11 is 0. The number of carbonyl (C=O) groups is 1. The van der Waals surface area contributed by atoms with Crippen LogP contribution in [0.15, 0.2) is 35.5 Å². The van der Waals surface area contributed by atoms with Crippen LogP contribution in [0.1, 0.15) is 16.2 Å². The first kappa shape index (κ1) is 15.0. The molecule has 0 atom stereocenters. The number of carboxylic acids is 1. The summed E-state index contributed by atoms with van der Waals surface area (Å²) in [7, 11) is -2.29. The highest BCUT2D eigenvalue weighted by Gasteiger charge is 2.22. The lowest BCUT2D eigenvalue weighted by Crippen LogP contribution is -2.26. The number of imidazole rings is 1. The highest BCUT2D eigenvalue weighted by Crippen LogP contribution is 2.19. The second-order valence-corrected chi connectivity index (χ2v) is 6.08. The van der Waals surface area contributed by atoms with Gasteiger partial charge in [-0.25, -0.2) is 22.9 Å². The molecular weight excluding hydrogens is 296 g/mol. The minimum atomic E-state index is -4.02. The molecule has 2 rings (SSSR count). The summed E-state index contributed by atoms with van der Waals surface area (Å²) in [5.74, 6) is -0.841.